The molecule has 0 bridgehead atoms. The number of aliphatic hydroxyl groups excluding tert-OH is 1. The van der Waals surface area contributed by atoms with Gasteiger partial charge >= 0.3 is 0 Å². The van der Waals surface area contributed by atoms with Gasteiger partial charge in [-0.15, -0.1) is 0 Å². The number of ether oxygens (including phenoxy) is 1. The van der Waals surface area contributed by atoms with Gasteiger partial charge in [0.25, 0.3) is 0 Å². The number of aliphatic hydroxyl groups is 1. The third kappa shape index (κ3) is 5.70. The summed E-state index contributed by atoms with van der Waals surface area (Å²) in [6.45, 7) is 0.757. The van der Waals surface area contributed by atoms with Crippen LogP contribution in [0.1, 0.15) is 12.0 Å². The minimum atomic E-state index is 0.159. The molecule has 2 aromatic rings. The van der Waals surface area contributed by atoms with Crippen molar-refractivity contribution >= 4 is 27.5 Å². The van der Waals surface area contributed by atoms with Crippen molar-refractivity contribution in [3.05, 3.63) is 63.6 Å². The molecule has 2 aromatic carbocycles. The van der Waals surface area contributed by atoms with Crippen LogP contribution in [0.2, 0.25) is 5.02 Å². The average molecular weight is 370 g/mol. The van der Waals surface area contributed by atoms with Crippen molar-refractivity contribution in [2.24, 2.45) is 5.92 Å². The van der Waals surface area contributed by atoms with Crippen molar-refractivity contribution in [3.8, 4) is 5.75 Å². The summed E-state index contributed by atoms with van der Waals surface area (Å²) in [7, 11) is 0. The first-order valence-corrected chi connectivity index (χ1v) is 8.08. The van der Waals surface area contributed by atoms with Gasteiger partial charge in [-0.05, 0) is 60.7 Å². The van der Waals surface area contributed by atoms with E-state index in [9.17, 15) is 5.11 Å². The molecule has 0 amide bonds. The van der Waals surface area contributed by atoms with Gasteiger partial charge in [-0.1, -0.05) is 39.7 Å². The second-order valence-electron chi connectivity index (χ2n) is 4.97. The second-order valence-corrected chi connectivity index (χ2v) is 6.32. The van der Waals surface area contributed by atoms with E-state index < -0.39 is 0 Å². The smallest absolute Gasteiger partial charge is 0.119 e. The first-order chi connectivity index (χ1) is 10.2. The molecule has 112 valence electrons. The van der Waals surface area contributed by atoms with Gasteiger partial charge in [-0.25, -0.2) is 0 Å². The predicted molar refractivity (Wildman–Crippen MR) is 90.0 cm³/mol. The van der Waals surface area contributed by atoms with Gasteiger partial charge in [0.15, 0.2) is 0 Å². The number of rotatable bonds is 7. The van der Waals surface area contributed by atoms with Crippen LogP contribution < -0.4 is 4.74 Å². The van der Waals surface area contributed by atoms with Crippen LogP contribution in [0.15, 0.2) is 53.0 Å². The molecule has 2 rings (SSSR count). The first-order valence-electron chi connectivity index (χ1n) is 6.91. The van der Waals surface area contributed by atoms with Crippen molar-refractivity contribution in [1.29, 1.82) is 0 Å². The summed E-state index contributed by atoms with van der Waals surface area (Å²) < 4.78 is 6.73. The Bertz CT molecular complexity index is 540. The summed E-state index contributed by atoms with van der Waals surface area (Å²) in [6.07, 6.45) is 1.65. The van der Waals surface area contributed by atoms with Gasteiger partial charge < -0.3 is 9.84 Å². The molecule has 1 unspecified atom stereocenters. The fraction of sp³-hybridized carbons (Fsp3) is 0.294. The van der Waals surface area contributed by atoms with Gasteiger partial charge in [0, 0.05) is 16.1 Å². The fourth-order valence-corrected chi connectivity index (χ4v) is 2.48. The quantitative estimate of drug-likeness (QED) is 0.765. The molecule has 0 radical (unpaired) electrons. The molecule has 1 atom stereocenters. The molecule has 0 aliphatic heterocycles. The molecule has 0 fully saturated rings. The van der Waals surface area contributed by atoms with E-state index >= 15 is 0 Å². The highest BCUT2D eigenvalue weighted by molar-refractivity contribution is 9.10. The van der Waals surface area contributed by atoms with Crippen molar-refractivity contribution in [2.75, 3.05) is 13.2 Å². The molecule has 0 aliphatic rings. The van der Waals surface area contributed by atoms with Crippen LogP contribution in [0.5, 0.6) is 5.75 Å². The molecule has 4 heteroatoms. The zero-order chi connectivity index (χ0) is 15.1. The van der Waals surface area contributed by atoms with E-state index in [2.05, 4.69) is 15.9 Å². The van der Waals surface area contributed by atoms with Crippen LogP contribution in [0.3, 0.4) is 0 Å². The maximum absolute atomic E-state index is 9.49. The van der Waals surface area contributed by atoms with Crippen molar-refractivity contribution in [3.63, 3.8) is 0 Å². The van der Waals surface area contributed by atoms with E-state index in [1.807, 2.05) is 48.5 Å². The zero-order valence-corrected chi connectivity index (χ0v) is 14.0. The highest BCUT2D eigenvalue weighted by Crippen LogP contribution is 2.18. The predicted octanol–water partition coefficient (Wildman–Crippen LogP) is 4.72. The molecule has 0 saturated heterocycles. The van der Waals surface area contributed by atoms with E-state index in [-0.39, 0.29) is 12.5 Å². The van der Waals surface area contributed by atoms with Gasteiger partial charge in [0.1, 0.15) is 5.75 Å². The topological polar surface area (TPSA) is 29.5 Å². The number of benzene rings is 2. The van der Waals surface area contributed by atoms with E-state index in [1.54, 1.807) is 0 Å². The summed E-state index contributed by atoms with van der Waals surface area (Å²) >= 11 is 9.26. The lowest BCUT2D eigenvalue weighted by atomic mass is 9.97. The van der Waals surface area contributed by atoms with Gasteiger partial charge in [0.2, 0.25) is 0 Å². The lowest BCUT2D eigenvalue weighted by Gasteiger charge is -2.15. The molecule has 0 saturated carbocycles. The Hall–Kier alpha value is -1.03. The van der Waals surface area contributed by atoms with Crippen molar-refractivity contribution in [2.45, 2.75) is 12.8 Å². The Labute approximate surface area is 138 Å². The Morgan fingerprint density at radius 2 is 1.71 bits per heavy atom. The molecule has 0 spiro atoms. The molecule has 21 heavy (non-hydrogen) atoms. The minimum Gasteiger partial charge on any atom is -0.494 e. The van der Waals surface area contributed by atoms with Crippen LogP contribution in [0, 0.1) is 5.92 Å². The van der Waals surface area contributed by atoms with E-state index in [0.29, 0.717) is 6.61 Å². The minimum absolute atomic E-state index is 0.159. The van der Waals surface area contributed by atoms with E-state index in [0.717, 1.165) is 28.1 Å². The summed E-state index contributed by atoms with van der Waals surface area (Å²) in [6, 6.07) is 15.5. The standard InChI is InChI=1S/C17H18BrClO2/c18-15-3-7-17(8-4-15)21-10-9-14(12-20)11-13-1-5-16(19)6-2-13/h1-8,14,20H,9-12H2. The lowest BCUT2D eigenvalue weighted by molar-refractivity contribution is 0.190. The lowest BCUT2D eigenvalue weighted by Crippen LogP contribution is -2.14. The van der Waals surface area contributed by atoms with E-state index in [1.165, 1.54) is 5.56 Å². The van der Waals surface area contributed by atoms with Gasteiger partial charge in [-0.2, -0.15) is 0 Å². The van der Waals surface area contributed by atoms with Crippen molar-refractivity contribution in [1.82, 2.24) is 0 Å². The molecular weight excluding hydrogens is 352 g/mol. The second kappa shape index (κ2) is 8.42. The third-order valence-electron chi connectivity index (χ3n) is 3.30. The van der Waals surface area contributed by atoms with Crippen LogP contribution in [-0.2, 0) is 6.42 Å². The molecule has 0 aromatic heterocycles. The Morgan fingerprint density at radius 1 is 1.05 bits per heavy atom. The van der Waals surface area contributed by atoms with Crippen LogP contribution >= 0.6 is 27.5 Å². The number of halogens is 2. The van der Waals surface area contributed by atoms with E-state index in [4.69, 9.17) is 16.3 Å². The Balaban J connectivity index is 1.79. The molecule has 2 nitrogen and oxygen atoms in total. The molecule has 0 aliphatic carbocycles. The summed E-state index contributed by atoms with van der Waals surface area (Å²) in [5.74, 6) is 1.04. The fourth-order valence-electron chi connectivity index (χ4n) is 2.09. The summed E-state index contributed by atoms with van der Waals surface area (Å²) in [5.41, 5.74) is 1.18. The van der Waals surface area contributed by atoms with Crippen molar-refractivity contribution < 1.29 is 9.84 Å². The normalized spacial score (nSPS) is 12.1. The number of hydrogen-bond acceptors (Lipinski definition) is 2. The molecule has 1 N–H and O–H groups in total. The highest BCUT2D eigenvalue weighted by atomic mass is 79.9. The van der Waals surface area contributed by atoms with Gasteiger partial charge in [0.05, 0.1) is 6.61 Å². The zero-order valence-electron chi connectivity index (χ0n) is 11.6. The summed E-state index contributed by atoms with van der Waals surface area (Å²) in [5, 5.41) is 10.2. The maximum atomic E-state index is 9.49. The molecular formula is C17H18BrClO2. The largest absolute Gasteiger partial charge is 0.494 e. The SMILES string of the molecule is OCC(CCOc1ccc(Br)cc1)Cc1ccc(Cl)cc1. The Kier molecular flexibility index (Phi) is 6.55. The van der Waals surface area contributed by atoms with Crippen LogP contribution in [-0.4, -0.2) is 18.3 Å². The average Bonchev–Trinajstić information content (AvgIpc) is 2.50. The first kappa shape index (κ1) is 16.3. The molecule has 0 heterocycles. The maximum Gasteiger partial charge on any atom is 0.119 e. The monoisotopic (exact) mass is 368 g/mol. The summed E-state index contributed by atoms with van der Waals surface area (Å²) in [4.78, 5) is 0. The van der Waals surface area contributed by atoms with Gasteiger partial charge in [-0.3, -0.25) is 0 Å². The Morgan fingerprint density at radius 3 is 2.33 bits per heavy atom. The van der Waals surface area contributed by atoms with Crippen LogP contribution in [0.25, 0.3) is 0 Å². The van der Waals surface area contributed by atoms with Crippen LogP contribution in [0.4, 0.5) is 0 Å². The third-order valence-corrected chi connectivity index (χ3v) is 4.08. The highest BCUT2D eigenvalue weighted by Gasteiger charge is 2.09. The number of hydrogen-bond donors (Lipinski definition) is 1.